The minimum absolute atomic E-state index is 0.248. The number of nitrogens with zero attached hydrogens (tertiary/aromatic N) is 1. The minimum Gasteiger partial charge on any atom is -0.307 e. The number of pyridine rings is 1. The molecule has 1 unspecified atom stereocenters. The summed E-state index contributed by atoms with van der Waals surface area (Å²) in [4.78, 5) is 4.26. The average Bonchev–Trinajstić information content (AvgIpc) is 2.48. The van der Waals surface area contributed by atoms with E-state index in [4.69, 9.17) is 0 Å². The van der Waals surface area contributed by atoms with Gasteiger partial charge in [0.1, 0.15) is 0 Å². The summed E-state index contributed by atoms with van der Waals surface area (Å²) in [5, 5.41) is 3.63. The third-order valence-electron chi connectivity index (χ3n) is 4.00. The van der Waals surface area contributed by atoms with Crippen molar-refractivity contribution in [1.82, 2.24) is 10.3 Å². The van der Waals surface area contributed by atoms with E-state index >= 15 is 0 Å². The summed E-state index contributed by atoms with van der Waals surface area (Å²) in [6, 6.07) is 8.95. The number of aryl methyl sites for hydroxylation is 2. The summed E-state index contributed by atoms with van der Waals surface area (Å²) in [7, 11) is 0. The summed E-state index contributed by atoms with van der Waals surface area (Å²) >= 11 is 0. The van der Waals surface area contributed by atoms with Gasteiger partial charge >= 0.3 is 0 Å². The van der Waals surface area contributed by atoms with Crippen LogP contribution in [-0.2, 0) is 6.42 Å². The predicted octanol–water partition coefficient (Wildman–Crippen LogP) is 3.96. The topological polar surface area (TPSA) is 24.9 Å². The number of hydrogen-bond acceptors (Lipinski definition) is 2. The lowest BCUT2D eigenvalue weighted by Gasteiger charge is -2.23. The van der Waals surface area contributed by atoms with Gasteiger partial charge in [0.15, 0.2) is 0 Å². The van der Waals surface area contributed by atoms with Crippen LogP contribution in [0.3, 0.4) is 0 Å². The number of nitrogens with one attached hydrogen (secondary N) is 1. The molecule has 0 amide bonds. The van der Waals surface area contributed by atoms with Gasteiger partial charge in [-0.05, 0) is 60.7 Å². The lowest BCUT2D eigenvalue weighted by molar-refractivity contribution is 0.621. The molecule has 0 aliphatic carbocycles. The Labute approximate surface area is 122 Å². The summed E-state index contributed by atoms with van der Waals surface area (Å²) in [6.07, 6.45) is 4.89. The highest BCUT2D eigenvalue weighted by Crippen LogP contribution is 2.28. The predicted molar refractivity (Wildman–Crippen MR) is 85.1 cm³/mol. The van der Waals surface area contributed by atoms with Crippen molar-refractivity contribution < 1.29 is 0 Å². The molecule has 0 aliphatic rings. The van der Waals surface area contributed by atoms with E-state index in [2.05, 4.69) is 62.3 Å². The van der Waals surface area contributed by atoms with Crippen LogP contribution >= 0.6 is 0 Å². The molecule has 1 atom stereocenters. The van der Waals surface area contributed by atoms with Crippen LogP contribution in [0, 0.1) is 13.8 Å². The molecule has 0 spiro atoms. The molecule has 2 heteroatoms. The highest BCUT2D eigenvalue weighted by atomic mass is 14.9. The van der Waals surface area contributed by atoms with Gasteiger partial charge in [-0.2, -0.15) is 0 Å². The van der Waals surface area contributed by atoms with Gasteiger partial charge in [0.2, 0.25) is 0 Å². The fourth-order valence-electron chi connectivity index (χ4n) is 2.69. The van der Waals surface area contributed by atoms with Crippen molar-refractivity contribution in [1.29, 1.82) is 0 Å². The van der Waals surface area contributed by atoms with Gasteiger partial charge in [0.05, 0.1) is 6.04 Å². The average molecular weight is 268 g/mol. The third-order valence-corrected chi connectivity index (χ3v) is 4.00. The zero-order chi connectivity index (χ0) is 14.5. The maximum absolute atomic E-state index is 4.26. The van der Waals surface area contributed by atoms with Crippen LogP contribution in [0.15, 0.2) is 36.7 Å². The Morgan fingerprint density at radius 2 is 1.90 bits per heavy atom. The normalized spacial score (nSPS) is 12.4. The Kier molecular flexibility index (Phi) is 4.91. The van der Waals surface area contributed by atoms with E-state index in [1.807, 2.05) is 12.4 Å². The zero-order valence-corrected chi connectivity index (χ0v) is 12.9. The summed E-state index contributed by atoms with van der Waals surface area (Å²) in [5.74, 6) is 0. The molecule has 0 fully saturated rings. The van der Waals surface area contributed by atoms with Gasteiger partial charge in [0, 0.05) is 12.4 Å². The van der Waals surface area contributed by atoms with Gasteiger partial charge in [-0.25, -0.2) is 0 Å². The van der Waals surface area contributed by atoms with E-state index in [-0.39, 0.29) is 6.04 Å². The van der Waals surface area contributed by atoms with Gasteiger partial charge in [0.25, 0.3) is 0 Å². The molecule has 1 N–H and O–H groups in total. The molecule has 20 heavy (non-hydrogen) atoms. The Hall–Kier alpha value is -1.67. The quantitative estimate of drug-likeness (QED) is 0.888. The second kappa shape index (κ2) is 6.67. The molecule has 0 bridgehead atoms. The Balaban J connectivity index is 2.53. The molecule has 0 saturated carbocycles. The highest BCUT2D eigenvalue weighted by molar-refractivity contribution is 5.42. The minimum atomic E-state index is 0.248. The molecule has 1 aromatic carbocycles. The van der Waals surface area contributed by atoms with Crippen molar-refractivity contribution in [2.24, 2.45) is 0 Å². The third kappa shape index (κ3) is 2.91. The Bertz CT molecular complexity index is 575. The van der Waals surface area contributed by atoms with E-state index in [0.29, 0.717) is 0 Å². The van der Waals surface area contributed by atoms with Crippen molar-refractivity contribution in [3.8, 4) is 0 Å². The second-order valence-electron chi connectivity index (χ2n) is 5.21. The molecule has 1 aromatic heterocycles. The van der Waals surface area contributed by atoms with E-state index in [1.165, 1.54) is 27.8 Å². The largest absolute Gasteiger partial charge is 0.307 e. The molecule has 1 heterocycles. The van der Waals surface area contributed by atoms with Crippen LogP contribution in [0.1, 0.15) is 47.7 Å². The monoisotopic (exact) mass is 268 g/mol. The van der Waals surface area contributed by atoms with Crippen molar-refractivity contribution in [2.45, 2.75) is 40.2 Å². The molecule has 106 valence electrons. The smallest absolute Gasteiger partial charge is 0.0583 e. The van der Waals surface area contributed by atoms with Crippen molar-refractivity contribution in [2.75, 3.05) is 6.54 Å². The lowest BCUT2D eigenvalue weighted by Crippen LogP contribution is -2.24. The maximum Gasteiger partial charge on any atom is 0.0583 e. The van der Waals surface area contributed by atoms with E-state index in [1.54, 1.807) is 0 Å². The SMILES string of the molecule is CCNC(c1ccncc1CC)c1cccc(C)c1C. The van der Waals surface area contributed by atoms with Crippen LogP contribution in [0.2, 0.25) is 0 Å². The van der Waals surface area contributed by atoms with Crippen LogP contribution in [0.5, 0.6) is 0 Å². The van der Waals surface area contributed by atoms with E-state index in [9.17, 15) is 0 Å². The number of benzene rings is 1. The van der Waals surface area contributed by atoms with Crippen LogP contribution < -0.4 is 5.32 Å². The summed E-state index contributed by atoms with van der Waals surface area (Å²) < 4.78 is 0. The van der Waals surface area contributed by atoms with Crippen molar-refractivity contribution >= 4 is 0 Å². The first kappa shape index (κ1) is 14.7. The summed E-state index contributed by atoms with van der Waals surface area (Å²) in [6.45, 7) is 9.68. The zero-order valence-electron chi connectivity index (χ0n) is 12.9. The molecular formula is C18H24N2. The molecule has 2 rings (SSSR count). The van der Waals surface area contributed by atoms with Crippen molar-refractivity contribution in [3.05, 3.63) is 64.5 Å². The molecule has 0 saturated heterocycles. The fourth-order valence-corrected chi connectivity index (χ4v) is 2.69. The van der Waals surface area contributed by atoms with Crippen LogP contribution in [-0.4, -0.2) is 11.5 Å². The number of hydrogen-bond donors (Lipinski definition) is 1. The Morgan fingerprint density at radius 1 is 1.10 bits per heavy atom. The molecule has 2 aromatic rings. The van der Waals surface area contributed by atoms with E-state index in [0.717, 1.165) is 13.0 Å². The molecule has 0 aliphatic heterocycles. The summed E-state index contributed by atoms with van der Waals surface area (Å²) in [5.41, 5.74) is 6.75. The number of rotatable bonds is 5. The fraction of sp³-hybridized carbons (Fsp3) is 0.389. The first-order valence-electron chi connectivity index (χ1n) is 7.41. The number of aromatic nitrogens is 1. The van der Waals surface area contributed by atoms with Gasteiger partial charge in [-0.15, -0.1) is 0 Å². The standard InChI is InChI=1S/C18H24N2/c1-5-15-12-19-11-10-17(15)18(20-6-2)16-9-7-8-13(3)14(16)4/h7-12,18,20H,5-6H2,1-4H3. The van der Waals surface area contributed by atoms with E-state index < -0.39 is 0 Å². The van der Waals surface area contributed by atoms with Gasteiger partial charge in [-0.1, -0.05) is 32.0 Å². The van der Waals surface area contributed by atoms with Crippen LogP contribution in [0.4, 0.5) is 0 Å². The van der Waals surface area contributed by atoms with Crippen molar-refractivity contribution in [3.63, 3.8) is 0 Å². The first-order valence-corrected chi connectivity index (χ1v) is 7.41. The molecule has 2 nitrogen and oxygen atoms in total. The highest BCUT2D eigenvalue weighted by Gasteiger charge is 2.18. The lowest BCUT2D eigenvalue weighted by atomic mass is 9.90. The first-order chi connectivity index (χ1) is 9.69. The van der Waals surface area contributed by atoms with Gasteiger partial charge < -0.3 is 5.32 Å². The van der Waals surface area contributed by atoms with Gasteiger partial charge in [-0.3, -0.25) is 4.98 Å². The van der Waals surface area contributed by atoms with Crippen LogP contribution in [0.25, 0.3) is 0 Å². The maximum atomic E-state index is 4.26. The Morgan fingerprint density at radius 3 is 2.60 bits per heavy atom. The second-order valence-corrected chi connectivity index (χ2v) is 5.21. The molecule has 0 radical (unpaired) electrons. The molecular weight excluding hydrogens is 244 g/mol.